The predicted molar refractivity (Wildman–Crippen MR) is 104 cm³/mol. The molecule has 2 aliphatic rings. The van der Waals surface area contributed by atoms with Gasteiger partial charge in [-0.3, -0.25) is 0 Å². The first kappa shape index (κ1) is 17.0. The van der Waals surface area contributed by atoms with E-state index in [0.29, 0.717) is 13.2 Å². The van der Waals surface area contributed by atoms with Crippen LogP contribution < -0.4 is 0 Å². The average Bonchev–Trinajstić information content (AvgIpc) is 3.14. The van der Waals surface area contributed by atoms with Gasteiger partial charge < -0.3 is 9.16 Å². The maximum atomic E-state index is 6.04. The van der Waals surface area contributed by atoms with Crippen molar-refractivity contribution < 1.29 is 9.16 Å². The van der Waals surface area contributed by atoms with Crippen molar-refractivity contribution in [1.82, 2.24) is 0 Å². The largest absolute Gasteiger partial charge is 0.491 e. The highest BCUT2D eigenvalue weighted by molar-refractivity contribution is 6.69. The third kappa shape index (κ3) is 3.63. The van der Waals surface area contributed by atoms with Crippen molar-refractivity contribution in [2.24, 2.45) is 0 Å². The Morgan fingerprint density at radius 1 is 1.12 bits per heavy atom. The van der Waals surface area contributed by atoms with Gasteiger partial charge in [-0.05, 0) is 67.4 Å². The van der Waals surface area contributed by atoms with Crippen molar-refractivity contribution in [3.05, 3.63) is 70.5 Å². The number of hydrogen-bond donors (Lipinski definition) is 0. The average molecular weight is 339 g/mol. The molecule has 0 aromatic heterocycles. The van der Waals surface area contributed by atoms with Crippen LogP contribution in [0.2, 0.25) is 19.6 Å². The van der Waals surface area contributed by atoms with Crippen LogP contribution in [-0.4, -0.2) is 21.5 Å². The summed E-state index contributed by atoms with van der Waals surface area (Å²) in [4.78, 5) is 0. The first-order valence-electron chi connectivity index (χ1n) is 8.64. The molecule has 0 heterocycles. The molecule has 0 amide bonds. The van der Waals surface area contributed by atoms with Crippen molar-refractivity contribution in [3.8, 4) is 0 Å². The van der Waals surface area contributed by atoms with Crippen molar-refractivity contribution in [2.75, 3.05) is 13.2 Å². The smallest absolute Gasteiger partial charge is 0.183 e. The molecule has 0 spiro atoms. The molecule has 0 fully saturated rings. The minimum atomic E-state index is -1.47. The number of fused-ring (bicyclic) bond motifs is 1. The summed E-state index contributed by atoms with van der Waals surface area (Å²) in [7, 11) is -1.47. The van der Waals surface area contributed by atoms with Gasteiger partial charge in [-0.1, -0.05) is 36.4 Å². The van der Waals surface area contributed by atoms with Crippen LogP contribution in [0.25, 0.3) is 11.6 Å². The zero-order valence-corrected chi connectivity index (χ0v) is 16.1. The van der Waals surface area contributed by atoms with Crippen LogP contribution in [0.3, 0.4) is 0 Å². The van der Waals surface area contributed by atoms with Gasteiger partial charge in [0.05, 0.1) is 6.61 Å². The molecular weight excluding hydrogens is 312 g/mol. The molecule has 0 N–H and O–H groups in total. The van der Waals surface area contributed by atoms with Crippen molar-refractivity contribution >= 4 is 20.0 Å². The van der Waals surface area contributed by atoms with Crippen LogP contribution >= 0.6 is 0 Å². The summed E-state index contributed by atoms with van der Waals surface area (Å²) in [5.41, 5.74) is 6.50. The standard InChI is InChI=1S/C21H26O2Si/c1-5-17-18-10-7-6-9-16(18)15-20(17)19-11-8-12-21(19)22-13-14-23-24(2,3)4/h5-10,12,15H,11,13-14H2,1-4H3. The van der Waals surface area contributed by atoms with Crippen LogP contribution in [0.1, 0.15) is 24.5 Å². The van der Waals surface area contributed by atoms with E-state index in [1.54, 1.807) is 0 Å². The molecule has 0 atom stereocenters. The Morgan fingerprint density at radius 2 is 1.92 bits per heavy atom. The van der Waals surface area contributed by atoms with Crippen LogP contribution in [0.5, 0.6) is 0 Å². The van der Waals surface area contributed by atoms with E-state index in [1.807, 2.05) is 0 Å². The number of allylic oxidation sites excluding steroid dienone is 6. The maximum Gasteiger partial charge on any atom is 0.183 e. The van der Waals surface area contributed by atoms with Gasteiger partial charge in [0, 0.05) is 5.57 Å². The lowest BCUT2D eigenvalue weighted by Crippen LogP contribution is -2.27. The Morgan fingerprint density at radius 3 is 2.67 bits per heavy atom. The van der Waals surface area contributed by atoms with Crippen LogP contribution in [0.4, 0.5) is 0 Å². The molecule has 1 aromatic rings. The highest BCUT2D eigenvalue weighted by Gasteiger charge is 2.24. The molecular formula is C21H26O2Si. The molecule has 0 saturated carbocycles. The third-order valence-corrected chi connectivity index (χ3v) is 5.29. The molecule has 2 aliphatic carbocycles. The molecule has 3 heteroatoms. The Hall–Kier alpha value is -1.84. The van der Waals surface area contributed by atoms with Crippen LogP contribution in [-0.2, 0) is 9.16 Å². The highest BCUT2D eigenvalue weighted by atomic mass is 28.4. The topological polar surface area (TPSA) is 18.5 Å². The predicted octanol–water partition coefficient (Wildman–Crippen LogP) is 5.57. The summed E-state index contributed by atoms with van der Waals surface area (Å²) >= 11 is 0. The van der Waals surface area contributed by atoms with Gasteiger partial charge >= 0.3 is 0 Å². The summed E-state index contributed by atoms with van der Waals surface area (Å²) < 4.78 is 11.9. The fraction of sp³-hybridized carbons (Fsp3) is 0.333. The van der Waals surface area contributed by atoms with Gasteiger partial charge in [-0.15, -0.1) is 0 Å². The lowest BCUT2D eigenvalue weighted by Gasteiger charge is -2.18. The van der Waals surface area contributed by atoms with Gasteiger partial charge in [0.1, 0.15) is 12.4 Å². The second kappa shape index (κ2) is 6.95. The summed E-state index contributed by atoms with van der Waals surface area (Å²) in [6.45, 7) is 9.98. The molecule has 24 heavy (non-hydrogen) atoms. The number of benzene rings is 1. The highest BCUT2D eigenvalue weighted by Crippen LogP contribution is 2.42. The Labute approximate surface area is 146 Å². The SMILES string of the molecule is CC=C1C(C2=C(OCCO[Si](C)(C)C)C=CC2)=Cc2ccccc21. The zero-order chi connectivity index (χ0) is 17.2. The molecule has 2 nitrogen and oxygen atoms in total. The Bertz CT molecular complexity index is 745. The summed E-state index contributed by atoms with van der Waals surface area (Å²) in [6.07, 6.45) is 9.70. The quantitative estimate of drug-likeness (QED) is 0.499. The zero-order valence-electron chi connectivity index (χ0n) is 15.1. The van der Waals surface area contributed by atoms with Gasteiger partial charge in [0.15, 0.2) is 8.32 Å². The van der Waals surface area contributed by atoms with E-state index in [0.717, 1.165) is 12.2 Å². The van der Waals surface area contributed by atoms with Crippen molar-refractivity contribution in [3.63, 3.8) is 0 Å². The molecule has 0 unspecified atom stereocenters. The second-order valence-corrected chi connectivity index (χ2v) is 11.6. The molecule has 3 rings (SSSR count). The minimum absolute atomic E-state index is 0.610. The maximum absolute atomic E-state index is 6.04. The van der Waals surface area contributed by atoms with Crippen LogP contribution in [0, 0.1) is 0 Å². The van der Waals surface area contributed by atoms with Gasteiger partial charge in [-0.2, -0.15) is 0 Å². The summed E-state index contributed by atoms with van der Waals surface area (Å²) in [5, 5.41) is 0. The molecule has 0 aliphatic heterocycles. The molecule has 0 bridgehead atoms. The molecule has 0 saturated heterocycles. The van der Waals surface area contributed by atoms with E-state index in [4.69, 9.17) is 9.16 Å². The number of ether oxygens (including phenoxy) is 1. The van der Waals surface area contributed by atoms with E-state index >= 15 is 0 Å². The monoisotopic (exact) mass is 338 g/mol. The Balaban J connectivity index is 1.76. The summed E-state index contributed by atoms with van der Waals surface area (Å²) in [6, 6.07) is 8.57. The fourth-order valence-electron chi connectivity index (χ4n) is 3.17. The van der Waals surface area contributed by atoms with Gasteiger partial charge in [0.25, 0.3) is 0 Å². The van der Waals surface area contributed by atoms with Crippen molar-refractivity contribution in [2.45, 2.75) is 33.0 Å². The third-order valence-electron chi connectivity index (χ3n) is 4.22. The first-order valence-corrected chi connectivity index (χ1v) is 12.0. The lowest BCUT2D eigenvalue weighted by atomic mass is 9.96. The van der Waals surface area contributed by atoms with E-state index in [-0.39, 0.29) is 0 Å². The van der Waals surface area contributed by atoms with Gasteiger partial charge in [-0.25, -0.2) is 0 Å². The number of rotatable bonds is 6. The van der Waals surface area contributed by atoms with E-state index in [9.17, 15) is 0 Å². The second-order valence-electron chi connectivity index (χ2n) is 7.11. The first-order chi connectivity index (χ1) is 11.5. The van der Waals surface area contributed by atoms with E-state index < -0.39 is 8.32 Å². The van der Waals surface area contributed by atoms with Crippen molar-refractivity contribution in [1.29, 1.82) is 0 Å². The number of hydrogen-bond acceptors (Lipinski definition) is 2. The van der Waals surface area contributed by atoms with Gasteiger partial charge in [0.2, 0.25) is 0 Å². The molecule has 1 aromatic carbocycles. The normalized spacial score (nSPS) is 18.3. The molecule has 0 radical (unpaired) electrons. The minimum Gasteiger partial charge on any atom is -0.491 e. The van der Waals surface area contributed by atoms with Crippen LogP contribution in [0.15, 0.2) is 59.4 Å². The Kier molecular flexibility index (Phi) is 4.92. The summed E-state index contributed by atoms with van der Waals surface area (Å²) in [5.74, 6) is 0.993. The lowest BCUT2D eigenvalue weighted by molar-refractivity contribution is 0.160. The fourth-order valence-corrected chi connectivity index (χ4v) is 3.87. The molecule has 126 valence electrons. The van der Waals surface area contributed by atoms with E-state index in [2.05, 4.69) is 75.1 Å². The van der Waals surface area contributed by atoms with E-state index in [1.165, 1.54) is 27.8 Å².